The molecule has 0 unspecified atom stereocenters. The average Bonchev–Trinajstić information content (AvgIpc) is 2.86. The van der Waals surface area contributed by atoms with Crippen LogP contribution in [0.3, 0.4) is 0 Å². The van der Waals surface area contributed by atoms with Crippen molar-refractivity contribution in [3.8, 4) is 17.2 Å². The minimum Gasteiger partial charge on any atom is -0.489 e. The van der Waals surface area contributed by atoms with Gasteiger partial charge in [-0.2, -0.15) is 0 Å². The maximum atomic E-state index is 12.8. The number of nitro groups is 1. The molecule has 9 heteroatoms. The van der Waals surface area contributed by atoms with Crippen LogP contribution in [-0.4, -0.2) is 10.8 Å². The first-order valence-corrected chi connectivity index (χ1v) is 12.0. The average molecular weight is 568 g/mol. The van der Waals surface area contributed by atoms with Crippen molar-refractivity contribution < 1.29 is 19.2 Å². The number of hydrogen-bond acceptors (Lipinski definition) is 5. The van der Waals surface area contributed by atoms with E-state index in [9.17, 15) is 14.9 Å². The third-order valence-electron chi connectivity index (χ3n) is 5.16. The van der Waals surface area contributed by atoms with Crippen LogP contribution in [-0.2, 0) is 6.61 Å². The summed E-state index contributed by atoms with van der Waals surface area (Å²) in [5.41, 5.74) is 2.11. The number of rotatable bonds is 8. The fourth-order valence-corrected chi connectivity index (χ4v) is 3.67. The third-order valence-corrected chi connectivity index (χ3v) is 6.11. The van der Waals surface area contributed by atoms with Crippen LogP contribution in [0, 0.1) is 17.0 Å². The van der Waals surface area contributed by atoms with Crippen LogP contribution in [0.15, 0.2) is 89.4 Å². The van der Waals surface area contributed by atoms with E-state index in [1.807, 2.05) is 31.2 Å². The zero-order chi connectivity index (χ0) is 25.7. The molecule has 7 nitrogen and oxygen atoms in total. The molecule has 0 bridgehead atoms. The molecule has 0 aliphatic carbocycles. The highest BCUT2D eigenvalue weighted by atomic mass is 79.9. The molecule has 4 aromatic rings. The Bertz CT molecular complexity index is 1410. The topological polar surface area (TPSA) is 90.7 Å². The van der Waals surface area contributed by atoms with Crippen LogP contribution in [0.1, 0.15) is 21.5 Å². The van der Waals surface area contributed by atoms with Gasteiger partial charge in [0.05, 0.1) is 16.7 Å². The van der Waals surface area contributed by atoms with Crippen molar-refractivity contribution in [1.82, 2.24) is 0 Å². The molecule has 182 valence electrons. The SMILES string of the molecule is Cc1cc(Oc2cc(NC(=O)c3ccc(COc4ccc(Br)cc4)cc3)cc([N+](=O)[O-])c2)ccc1Cl. The van der Waals surface area contributed by atoms with Gasteiger partial charge in [0.2, 0.25) is 0 Å². The molecule has 0 heterocycles. The molecule has 36 heavy (non-hydrogen) atoms. The van der Waals surface area contributed by atoms with Gasteiger partial charge in [0.15, 0.2) is 0 Å². The van der Waals surface area contributed by atoms with Gasteiger partial charge in [-0.1, -0.05) is 39.7 Å². The van der Waals surface area contributed by atoms with Crippen molar-refractivity contribution >= 4 is 44.8 Å². The van der Waals surface area contributed by atoms with Gasteiger partial charge < -0.3 is 14.8 Å². The molecule has 0 radical (unpaired) electrons. The number of anilines is 1. The van der Waals surface area contributed by atoms with E-state index in [1.165, 1.54) is 18.2 Å². The van der Waals surface area contributed by atoms with Gasteiger partial charge >= 0.3 is 0 Å². The predicted molar refractivity (Wildman–Crippen MR) is 142 cm³/mol. The van der Waals surface area contributed by atoms with Crippen LogP contribution < -0.4 is 14.8 Å². The lowest BCUT2D eigenvalue weighted by Crippen LogP contribution is -2.12. The monoisotopic (exact) mass is 566 g/mol. The van der Waals surface area contributed by atoms with Crippen molar-refractivity contribution in [2.45, 2.75) is 13.5 Å². The van der Waals surface area contributed by atoms with Gasteiger partial charge in [0, 0.05) is 27.2 Å². The summed E-state index contributed by atoms with van der Waals surface area (Å²) >= 11 is 9.43. The second kappa shape index (κ2) is 11.2. The summed E-state index contributed by atoms with van der Waals surface area (Å²) in [5.74, 6) is 0.999. The Morgan fingerprint density at radius 2 is 1.64 bits per heavy atom. The predicted octanol–water partition coefficient (Wildman–Crippen LogP) is 7.94. The summed E-state index contributed by atoms with van der Waals surface area (Å²) in [7, 11) is 0. The van der Waals surface area contributed by atoms with Crippen LogP contribution in [0.2, 0.25) is 5.02 Å². The highest BCUT2D eigenvalue weighted by Crippen LogP contribution is 2.31. The summed E-state index contributed by atoms with van der Waals surface area (Å²) < 4.78 is 12.5. The third kappa shape index (κ3) is 6.62. The molecule has 0 saturated heterocycles. The molecule has 0 saturated carbocycles. The second-order valence-corrected chi connectivity index (χ2v) is 9.20. The Hall–Kier alpha value is -3.88. The van der Waals surface area contributed by atoms with E-state index in [0.29, 0.717) is 22.9 Å². The summed E-state index contributed by atoms with van der Waals surface area (Å²) in [4.78, 5) is 23.7. The summed E-state index contributed by atoms with van der Waals surface area (Å²) in [6.07, 6.45) is 0. The fraction of sp³-hybridized carbons (Fsp3) is 0.0741. The van der Waals surface area contributed by atoms with Crippen LogP contribution in [0.4, 0.5) is 11.4 Å². The molecule has 4 aromatic carbocycles. The van der Waals surface area contributed by atoms with Gasteiger partial charge in [-0.05, 0) is 72.6 Å². The normalized spacial score (nSPS) is 10.5. The molecule has 0 aromatic heterocycles. The first kappa shape index (κ1) is 25.2. The largest absolute Gasteiger partial charge is 0.489 e. The zero-order valence-corrected chi connectivity index (χ0v) is 21.4. The van der Waals surface area contributed by atoms with E-state index in [2.05, 4.69) is 21.2 Å². The van der Waals surface area contributed by atoms with Crippen molar-refractivity contribution in [2.24, 2.45) is 0 Å². The van der Waals surface area contributed by atoms with Crippen LogP contribution in [0.25, 0.3) is 0 Å². The summed E-state index contributed by atoms with van der Waals surface area (Å²) in [6, 6.07) is 23.6. The fourth-order valence-electron chi connectivity index (χ4n) is 3.29. The van der Waals surface area contributed by atoms with E-state index < -0.39 is 10.8 Å². The van der Waals surface area contributed by atoms with E-state index in [-0.39, 0.29) is 17.1 Å². The molecule has 0 atom stereocenters. The second-order valence-electron chi connectivity index (χ2n) is 7.88. The lowest BCUT2D eigenvalue weighted by molar-refractivity contribution is -0.384. The molecule has 1 amide bonds. The first-order chi connectivity index (χ1) is 17.3. The number of halogens is 2. The number of carbonyl (C=O) groups is 1. The van der Waals surface area contributed by atoms with Crippen LogP contribution >= 0.6 is 27.5 Å². The maximum absolute atomic E-state index is 12.8. The van der Waals surface area contributed by atoms with Gasteiger partial charge in [-0.15, -0.1) is 0 Å². The highest BCUT2D eigenvalue weighted by molar-refractivity contribution is 9.10. The number of amides is 1. The van der Waals surface area contributed by atoms with Crippen molar-refractivity contribution in [1.29, 1.82) is 0 Å². The van der Waals surface area contributed by atoms with Gasteiger partial charge in [0.25, 0.3) is 11.6 Å². The smallest absolute Gasteiger partial charge is 0.275 e. The van der Waals surface area contributed by atoms with E-state index in [4.69, 9.17) is 21.1 Å². The van der Waals surface area contributed by atoms with Gasteiger partial charge in [-0.25, -0.2) is 0 Å². The number of ether oxygens (including phenoxy) is 2. The molecule has 0 aliphatic heterocycles. The van der Waals surface area contributed by atoms with E-state index in [1.54, 1.807) is 42.5 Å². The van der Waals surface area contributed by atoms with Gasteiger partial charge in [-0.3, -0.25) is 14.9 Å². The number of benzene rings is 4. The lowest BCUT2D eigenvalue weighted by Gasteiger charge is -2.11. The molecule has 1 N–H and O–H groups in total. The number of nitrogens with one attached hydrogen (secondary N) is 1. The summed E-state index contributed by atoms with van der Waals surface area (Å²) in [6.45, 7) is 2.17. The van der Waals surface area contributed by atoms with E-state index >= 15 is 0 Å². The Morgan fingerprint density at radius 3 is 2.31 bits per heavy atom. The first-order valence-electron chi connectivity index (χ1n) is 10.8. The highest BCUT2D eigenvalue weighted by Gasteiger charge is 2.14. The Morgan fingerprint density at radius 1 is 0.944 bits per heavy atom. The molecular formula is C27H20BrClN2O5. The minimum atomic E-state index is -0.546. The number of aryl methyl sites for hydroxylation is 1. The Labute approximate surface area is 220 Å². The molecule has 0 aliphatic rings. The number of carbonyl (C=O) groups excluding carboxylic acids is 1. The maximum Gasteiger partial charge on any atom is 0.275 e. The minimum absolute atomic E-state index is 0.210. The lowest BCUT2D eigenvalue weighted by atomic mass is 10.1. The number of nitro benzene ring substituents is 1. The Balaban J connectivity index is 1.45. The zero-order valence-electron chi connectivity index (χ0n) is 19.0. The quantitative estimate of drug-likeness (QED) is 0.172. The molecular weight excluding hydrogens is 548 g/mol. The standard InChI is InChI=1S/C27H20BrClN2O5/c1-17-12-24(10-11-26(17)29)36-25-14-21(13-22(15-25)31(33)34)30-27(32)19-4-2-18(3-5-19)16-35-23-8-6-20(28)7-9-23/h2-15H,16H2,1H3,(H,30,32). The molecule has 0 fully saturated rings. The number of nitrogens with zero attached hydrogens (tertiary/aromatic N) is 1. The summed E-state index contributed by atoms with van der Waals surface area (Å²) in [5, 5.41) is 14.7. The number of non-ortho nitro benzene ring substituents is 1. The Kier molecular flexibility index (Phi) is 7.87. The molecule has 4 rings (SSSR count). The van der Waals surface area contributed by atoms with Crippen LogP contribution in [0.5, 0.6) is 17.2 Å². The number of hydrogen-bond donors (Lipinski definition) is 1. The molecule has 0 spiro atoms. The van der Waals surface area contributed by atoms with Crippen molar-refractivity contribution in [3.63, 3.8) is 0 Å². The van der Waals surface area contributed by atoms with Crippen molar-refractivity contribution in [2.75, 3.05) is 5.32 Å². The van der Waals surface area contributed by atoms with E-state index in [0.717, 1.165) is 21.3 Å². The van der Waals surface area contributed by atoms with Crippen molar-refractivity contribution in [3.05, 3.63) is 121 Å². The van der Waals surface area contributed by atoms with Gasteiger partial charge in [0.1, 0.15) is 23.9 Å².